The maximum Gasteiger partial charge on any atom is 0.231 e. The molecule has 1 unspecified atom stereocenters. The maximum absolute atomic E-state index is 12.5. The van der Waals surface area contributed by atoms with Crippen LogP contribution < -0.4 is 5.32 Å². The molecule has 28 heavy (non-hydrogen) atoms. The van der Waals surface area contributed by atoms with Crippen LogP contribution >= 0.6 is 23.1 Å². The van der Waals surface area contributed by atoms with Crippen molar-refractivity contribution in [2.75, 3.05) is 5.75 Å². The van der Waals surface area contributed by atoms with Crippen molar-refractivity contribution in [2.45, 2.75) is 45.2 Å². The lowest BCUT2D eigenvalue weighted by molar-refractivity contribution is -0.125. The number of benzene rings is 1. The van der Waals surface area contributed by atoms with Crippen molar-refractivity contribution in [2.24, 2.45) is 0 Å². The standard InChI is InChI=1S/C21H23N3O2S2/c1-12-14(3)28-21-19(12)20(22-15(4)23-21)27-11-18(26)24-17(13(2)25)10-16-8-6-5-7-9-16/h5-9,17H,10-11H2,1-4H3,(H,24,26). The SMILES string of the molecule is CC(=O)C(Cc1ccccc1)NC(=O)CSc1nc(C)nc2sc(C)c(C)c12. The molecule has 0 radical (unpaired) electrons. The van der Waals surface area contributed by atoms with E-state index in [1.165, 1.54) is 23.6 Å². The molecule has 1 atom stereocenters. The number of thiophene rings is 1. The van der Waals surface area contributed by atoms with E-state index in [9.17, 15) is 9.59 Å². The van der Waals surface area contributed by atoms with E-state index in [0.717, 1.165) is 26.4 Å². The predicted molar refractivity (Wildman–Crippen MR) is 115 cm³/mol. The summed E-state index contributed by atoms with van der Waals surface area (Å²) in [6, 6.07) is 9.18. The molecule has 0 saturated carbocycles. The zero-order valence-electron chi connectivity index (χ0n) is 16.4. The van der Waals surface area contributed by atoms with Crippen LogP contribution in [0.2, 0.25) is 0 Å². The quantitative estimate of drug-likeness (QED) is 0.468. The van der Waals surface area contributed by atoms with E-state index in [1.807, 2.05) is 37.3 Å². The predicted octanol–water partition coefficient (Wildman–Crippen LogP) is 4.03. The number of Topliss-reactive ketones (excluding diaryl/α,β-unsaturated/α-hetero) is 1. The number of nitrogens with one attached hydrogen (secondary N) is 1. The van der Waals surface area contributed by atoms with Crippen LogP contribution in [0.3, 0.4) is 0 Å². The zero-order chi connectivity index (χ0) is 20.3. The molecule has 0 aliphatic heterocycles. The summed E-state index contributed by atoms with van der Waals surface area (Å²) in [6.07, 6.45) is 0.492. The van der Waals surface area contributed by atoms with Gasteiger partial charge < -0.3 is 5.32 Å². The number of thioether (sulfide) groups is 1. The number of hydrogen-bond donors (Lipinski definition) is 1. The smallest absolute Gasteiger partial charge is 0.231 e. The number of hydrogen-bond acceptors (Lipinski definition) is 6. The highest BCUT2D eigenvalue weighted by molar-refractivity contribution is 8.00. The second-order valence-corrected chi connectivity index (χ2v) is 8.92. The normalized spacial score (nSPS) is 12.1. The molecular formula is C21H23N3O2S2. The number of nitrogens with zero attached hydrogens (tertiary/aromatic N) is 2. The van der Waals surface area contributed by atoms with Gasteiger partial charge in [0.05, 0.1) is 11.8 Å². The topological polar surface area (TPSA) is 72.0 Å². The van der Waals surface area contributed by atoms with Gasteiger partial charge in [-0.25, -0.2) is 9.97 Å². The van der Waals surface area contributed by atoms with Crippen LogP contribution in [0.4, 0.5) is 0 Å². The summed E-state index contributed by atoms with van der Waals surface area (Å²) in [5.41, 5.74) is 2.18. The lowest BCUT2D eigenvalue weighted by Gasteiger charge is -2.16. The van der Waals surface area contributed by atoms with Gasteiger partial charge in [0.2, 0.25) is 5.91 Å². The first kappa shape index (κ1) is 20.5. The van der Waals surface area contributed by atoms with E-state index >= 15 is 0 Å². The molecule has 0 aliphatic carbocycles. The lowest BCUT2D eigenvalue weighted by atomic mass is 10.0. The summed E-state index contributed by atoms with van der Waals surface area (Å²) in [4.78, 5) is 35.7. The molecule has 3 aromatic rings. The van der Waals surface area contributed by atoms with Crippen LogP contribution in [-0.2, 0) is 16.0 Å². The number of amides is 1. The maximum atomic E-state index is 12.5. The number of fused-ring (bicyclic) bond motifs is 1. The first-order chi connectivity index (χ1) is 13.3. The van der Waals surface area contributed by atoms with E-state index in [0.29, 0.717) is 12.2 Å². The molecule has 0 aliphatic rings. The minimum Gasteiger partial charge on any atom is -0.345 e. The van der Waals surface area contributed by atoms with Crippen LogP contribution in [0.15, 0.2) is 35.4 Å². The average Bonchev–Trinajstić information content (AvgIpc) is 2.93. The van der Waals surface area contributed by atoms with Crippen LogP contribution in [0.5, 0.6) is 0 Å². The molecule has 146 valence electrons. The van der Waals surface area contributed by atoms with Gasteiger partial charge in [0.25, 0.3) is 0 Å². The van der Waals surface area contributed by atoms with Gasteiger partial charge in [0.15, 0.2) is 5.78 Å². The Kier molecular flexibility index (Phi) is 6.46. The van der Waals surface area contributed by atoms with E-state index in [1.54, 1.807) is 11.3 Å². The number of aryl methyl sites for hydroxylation is 3. The highest BCUT2D eigenvalue weighted by Gasteiger charge is 2.19. The molecule has 1 aromatic carbocycles. The third-order valence-electron chi connectivity index (χ3n) is 4.56. The zero-order valence-corrected chi connectivity index (χ0v) is 18.0. The van der Waals surface area contributed by atoms with Crippen molar-refractivity contribution in [3.63, 3.8) is 0 Å². The molecular weight excluding hydrogens is 390 g/mol. The van der Waals surface area contributed by atoms with Crippen molar-refractivity contribution in [3.8, 4) is 0 Å². The largest absolute Gasteiger partial charge is 0.345 e. The fourth-order valence-electron chi connectivity index (χ4n) is 2.93. The molecule has 0 spiro atoms. The van der Waals surface area contributed by atoms with Crippen molar-refractivity contribution in [3.05, 3.63) is 52.2 Å². The fourth-order valence-corrected chi connectivity index (χ4v) is 5.02. The Bertz CT molecular complexity index is 1020. The first-order valence-corrected chi connectivity index (χ1v) is 10.9. The first-order valence-electron chi connectivity index (χ1n) is 9.06. The Balaban J connectivity index is 1.69. The molecule has 0 bridgehead atoms. The summed E-state index contributed by atoms with van der Waals surface area (Å²) in [6.45, 7) is 7.50. The number of ketones is 1. The van der Waals surface area contributed by atoms with Crippen molar-refractivity contribution < 1.29 is 9.59 Å². The Hall–Kier alpha value is -2.25. The Morgan fingerprint density at radius 2 is 1.86 bits per heavy atom. The molecule has 3 rings (SSSR count). The fraction of sp³-hybridized carbons (Fsp3) is 0.333. The molecule has 5 nitrogen and oxygen atoms in total. The second-order valence-electron chi connectivity index (χ2n) is 6.75. The molecule has 0 fully saturated rings. The van der Waals surface area contributed by atoms with Crippen molar-refractivity contribution in [1.29, 1.82) is 0 Å². The van der Waals surface area contributed by atoms with E-state index in [4.69, 9.17) is 0 Å². The van der Waals surface area contributed by atoms with Gasteiger partial charge >= 0.3 is 0 Å². The lowest BCUT2D eigenvalue weighted by Crippen LogP contribution is -2.42. The number of carbonyl (C=O) groups is 2. The monoisotopic (exact) mass is 413 g/mol. The van der Waals surface area contributed by atoms with Crippen molar-refractivity contribution in [1.82, 2.24) is 15.3 Å². The average molecular weight is 414 g/mol. The number of rotatable bonds is 7. The van der Waals surface area contributed by atoms with Gasteiger partial charge in [0.1, 0.15) is 15.7 Å². The van der Waals surface area contributed by atoms with Gasteiger partial charge in [-0.1, -0.05) is 42.1 Å². The summed E-state index contributed by atoms with van der Waals surface area (Å²) in [5, 5.41) is 4.72. The number of carbonyl (C=O) groups excluding carboxylic acids is 2. The highest BCUT2D eigenvalue weighted by atomic mass is 32.2. The Morgan fingerprint density at radius 1 is 1.14 bits per heavy atom. The van der Waals surface area contributed by atoms with Crippen molar-refractivity contribution >= 4 is 45.0 Å². The number of aromatic nitrogens is 2. The summed E-state index contributed by atoms with van der Waals surface area (Å²) in [7, 11) is 0. The second kappa shape index (κ2) is 8.84. The van der Waals surface area contributed by atoms with Gasteiger partial charge in [0, 0.05) is 10.3 Å². The molecule has 7 heteroatoms. The highest BCUT2D eigenvalue weighted by Crippen LogP contribution is 2.34. The third-order valence-corrected chi connectivity index (χ3v) is 6.63. The van der Waals surface area contributed by atoms with E-state index < -0.39 is 6.04 Å². The summed E-state index contributed by atoms with van der Waals surface area (Å²) in [5.74, 6) is 0.683. The van der Waals surface area contributed by atoms with Gasteiger partial charge in [-0.15, -0.1) is 11.3 Å². The Morgan fingerprint density at radius 3 is 2.54 bits per heavy atom. The van der Waals surface area contributed by atoms with Gasteiger partial charge in [-0.3, -0.25) is 9.59 Å². The van der Waals surface area contributed by atoms with Crippen LogP contribution in [-0.4, -0.2) is 33.5 Å². The molecule has 2 heterocycles. The minimum absolute atomic E-state index is 0.0493. The Labute approximate surface area is 173 Å². The van der Waals surface area contributed by atoms with Crippen LogP contribution in [0, 0.1) is 20.8 Å². The molecule has 1 amide bonds. The molecule has 1 N–H and O–H groups in total. The molecule has 2 aromatic heterocycles. The van der Waals surface area contributed by atoms with E-state index in [2.05, 4.69) is 29.1 Å². The molecule has 0 saturated heterocycles. The van der Waals surface area contributed by atoms with E-state index in [-0.39, 0.29) is 17.4 Å². The van der Waals surface area contributed by atoms with Crippen LogP contribution in [0.25, 0.3) is 10.2 Å². The third kappa shape index (κ3) is 4.77. The minimum atomic E-state index is -0.521. The van der Waals surface area contributed by atoms with Gasteiger partial charge in [-0.05, 0) is 45.2 Å². The van der Waals surface area contributed by atoms with Gasteiger partial charge in [-0.2, -0.15) is 0 Å². The summed E-state index contributed by atoms with van der Waals surface area (Å²) < 4.78 is 0. The van der Waals surface area contributed by atoms with Crippen LogP contribution in [0.1, 0.15) is 28.8 Å². The summed E-state index contributed by atoms with van der Waals surface area (Å²) >= 11 is 3.04.